The van der Waals surface area contributed by atoms with E-state index in [2.05, 4.69) is 4.98 Å². The summed E-state index contributed by atoms with van der Waals surface area (Å²) in [5, 5.41) is 1.11. The molecule has 1 aromatic carbocycles. The minimum Gasteiger partial charge on any atom is -0.464 e. The molecule has 2 N–H and O–H groups in total. The predicted octanol–water partition coefficient (Wildman–Crippen LogP) is 2.95. The summed E-state index contributed by atoms with van der Waals surface area (Å²) in [7, 11) is 0. The highest BCUT2D eigenvalue weighted by atomic mass is 16.3. The summed E-state index contributed by atoms with van der Waals surface area (Å²) < 4.78 is 5.53. The number of furan rings is 1. The maximum absolute atomic E-state index is 5.60. The van der Waals surface area contributed by atoms with Crippen LogP contribution >= 0.6 is 0 Å². The van der Waals surface area contributed by atoms with Crippen LogP contribution in [0.1, 0.15) is 5.69 Å². The Hall–Kier alpha value is -2.13. The van der Waals surface area contributed by atoms with E-state index in [1.165, 1.54) is 0 Å². The molecule has 84 valence electrons. The van der Waals surface area contributed by atoms with E-state index >= 15 is 0 Å². The maximum Gasteiger partial charge on any atom is 0.141 e. The first-order chi connectivity index (χ1) is 8.38. The lowest BCUT2D eigenvalue weighted by Crippen LogP contribution is -1.98. The van der Waals surface area contributed by atoms with Gasteiger partial charge in [-0.05, 0) is 23.8 Å². The first kappa shape index (κ1) is 10.1. The van der Waals surface area contributed by atoms with Gasteiger partial charge in [0.2, 0.25) is 0 Å². The van der Waals surface area contributed by atoms with E-state index in [1.807, 2.05) is 36.4 Å². The molecule has 0 unspecified atom stereocenters. The molecule has 0 atom stereocenters. The van der Waals surface area contributed by atoms with Crippen molar-refractivity contribution in [2.45, 2.75) is 6.54 Å². The Bertz CT molecular complexity index is 658. The van der Waals surface area contributed by atoms with Crippen LogP contribution in [-0.4, -0.2) is 4.98 Å². The molecule has 0 saturated heterocycles. The Kier molecular flexibility index (Phi) is 2.38. The molecule has 3 nitrogen and oxygen atoms in total. The van der Waals surface area contributed by atoms with Crippen molar-refractivity contribution in [3.8, 4) is 11.1 Å². The van der Waals surface area contributed by atoms with Gasteiger partial charge in [0.05, 0.1) is 12.0 Å². The molecule has 3 heteroatoms. The normalized spacial score (nSPS) is 10.9. The summed E-state index contributed by atoms with van der Waals surface area (Å²) in [6.45, 7) is 0.446. The van der Waals surface area contributed by atoms with Crippen LogP contribution in [0.25, 0.3) is 22.1 Å². The third-order valence-electron chi connectivity index (χ3n) is 2.82. The van der Waals surface area contributed by atoms with Gasteiger partial charge in [-0.2, -0.15) is 0 Å². The molecule has 0 saturated carbocycles. The third-order valence-corrected chi connectivity index (χ3v) is 2.82. The molecule has 2 heterocycles. The van der Waals surface area contributed by atoms with E-state index in [1.54, 1.807) is 12.5 Å². The van der Waals surface area contributed by atoms with Crippen molar-refractivity contribution in [2.24, 2.45) is 5.73 Å². The summed E-state index contributed by atoms with van der Waals surface area (Å²) >= 11 is 0. The van der Waals surface area contributed by atoms with Crippen LogP contribution in [0.4, 0.5) is 0 Å². The number of pyridine rings is 1. The number of para-hydroxylation sites is 1. The molecular formula is C14H12N2O. The topological polar surface area (TPSA) is 52.0 Å². The highest BCUT2D eigenvalue weighted by molar-refractivity contribution is 5.92. The predicted molar refractivity (Wildman–Crippen MR) is 67.3 cm³/mol. The number of nitrogens with two attached hydrogens (primary N) is 1. The van der Waals surface area contributed by atoms with E-state index < -0.39 is 0 Å². The lowest BCUT2D eigenvalue weighted by atomic mass is 10.0. The Morgan fingerprint density at radius 3 is 3.00 bits per heavy atom. The van der Waals surface area contributed by atoms with Crippen molar-refractivity contribution in [3.05, 3.63) is 54.6 Å². The van der Waals surface area contributed by atoms with Crippen molar-refractivity contribution in [3.63, 3.8) is 0 Å². The standard InChI is InChI=1S/C14H12N2O/c15-9-12-8-11(4-6-16-12)13-3-1-2-10-5-7-17-14(10)13/h1-8H,9,15H2. The Morgan fingerprint density at radius 1 is 1.18 bits per heavy atom. The van der Waals surface area contributed by atoms with Gasteiger partial charge in [-0.3, -0.25) is 4.98 Å². The molecule has 0 bridgehead atoms. The van der Waals surface area contributed by atoms with Crippen LogP contribution in [0.15, 0.2) is 53.3 Å². The molecule has 0 radical (unpaired) electrons. The second-order valence-corrected chi connectivity index (χ2v) is 3.88. The van der Waals surface area contributed by atoms with Crippen molar-refractivity contribution in [1.29, 1.82) is 0 Å². The maximum atomic E-state index is 5.60. The van der Waals surface area contributed by atoms with Gasteiger partial charge in [-0.15, -0.1) is 0 Å². The zero-order valence-corrected chi connectivity index (χ0v) is 9.26. The van der Waals surface area contributed by atoms with Crippen LogP contribution in [-0.2, 0) is 6.54 Å². The molecule has 0 amide bonds. The second kappa shape index (κ2) is 4.03. The minimum absolute atomic E-state index is 0.446. The van der Waals surface area contributed by atoms with Gasteiger partial charge in [-0.1, -0.05) is 18.2 Å². The van der Waals surface area contributed by atoms with Gasteiger partial charge in [0.15, 0.2) is 0 Å². The quantitative estimate of drug-likeness (QED) is 0.728. The minimum atomic E-state index is 0.446. The molecule has 0 aliphatic carbocycles. The summed E-state index contributed by atoms with van der Waals surface area (Å²) in [5.41, 5.74) is 9.55. The second-order valence-electron chi connectivity index (χ2n) is 3.88. The fourth-order valence-electron chi connectivity index (χ4n) is 1.98. The summed E-state index contributed by atoms with van der Waals surface area (Å²) in [5.74, 6) is 0. The molecule has 0 spiro atoms. The van der Waals surface area contributed by atoms with Gasteiger partial charge in [-0.25, -0.2) is 0 Å². The molecule has 2 aromatic heterocycles. The Morgan fingerprint density at radius 2 is 2.12 bits per heavy atom. The number of fused-ring (bicyclic) bond motifs is 1. The van der Waals surface area contributed by atoms with Gasteiger partial charge in [0, 0.05) is 23.7 Å². The SMILES string of the molecule is NCc1cc(-c2cccc3ccoc23)ccn1. The summed E-state index contributed by atoms with van der Waals surface area (Å²) in [6, 6.07) is 12.0. The zero-order chi connectivity index (χ0) is 11.7. The smallest absolute Gasteiger partial charge is 0.141 e. The molecule has 3 aromatic rings. The van der Waals surface area contributed by atoms with Crippen molar-refractivity contribution in [1.82, 2.24) is 4.98 Å². The van der Waals surface area contributed by atoms with Gasteiger partial charge >= 0.3 is 0 Å². The van der Waals surface area contributed by atoms with E-state index in [0.29, 0.717) is 6.54 Å². The Balaban J connectivity index is 2.23. The van der Waals surface area contributed by atoms with E-state index in [4.69, 9.17) is 10.2 Å². The van der Waals surface area contributed by atoms with Crippen LogP contribution in [0.2, 0.25) is 0 Å². The fraction of sp³-hybridized carbons (Fsp3) is 0.0714. The molecular weight excluding hydrogens is 212 g/mol. The molecule has 3 rings (SSSR count). The lowest BCUT2D eigenvalue weighted by molar-refractivity contribution is 0.617. The average molecular weight is 224 g/mol. The average Bonchev–Trinajstić information content (AvgIpc) is 2.87. The van der Waals surface area contributed by atoms with E-state index in [0.717, 1.165) is 27.8 Å². The summed E-state index contributed by atoms with van der Waals surface area (Å²) in [4.78, 5) is 4.20. The first-order valence-corrected chi connectivity index (χ1v) is 5.50. The molecule has 0 aliphatic rings. The lowest BCUT2D eigenvalue weighted by Gasteiger charge is -2.04. The number of benzene rings is 1. The monoisotopic (exact) mass is 224 g/mol. The number of hydrogen-bond acceptors (Lipinski definition) is 3. The fourth-order valence-corrected chi connectivity index (χ4v) is 1.98. The Labute approximate surface area is 98.9 Å². The zero-order valence-electron chi connectivity index (χ0n) is 9.26. The molecule has 17 heavy (non-hydrogen) atoms. The number of hydrogen-bond donors (Lipinski definition) is 1. The largest absolute Gasteiger partial charge is 0.464 e. The number of rotatable bonds is 2. The highest BCUT2D eigenvalue weighted by Gasteiger charge is 2.06. The molecule has 0 fully saturated rings. The first-order valence-electron chi connectivity index (χ1n) is 5.50. The number of nitrogens with zero attached hydrogens (tertiary/aromatic N) is 1. The summed E-state index contributed by atoms with van der Waals surface area (Å²) in [6.07, 6.45) is 3.48. The van der Waals surface area contributed by atoms with Crippen molar-refractivity contribution >= 4 is 11.0 Å². The van der Waals surface area contributed by atoms with Gasteiger partial charge in [0.1, 0.15) is 5.58 Å². The number of aromatic nitrogens is 1. The van der Waals surface area contributed by atoms with Crippen LogP contribution in [0.5, 0.6) is 0 Å². The van der Waals surface area contributed by atoms with Crippen LogP contribution in [0, 0.1) is 0 Å². The third kappa shape index (κ3) is 1.70. The van der Waals surface area contributed by atoms with Crippen molar-refractivity contribution < 1.29 is 4.42 Å². The van der Waals surface area contributed by atoms with Crippen molar-refractivity contribution in [2.75, 3.05) is 0 Å². The van der Waals surface area contributed by atoms with Gasteiger partial charge in [0.25, 0.3) is 0 Å². The van der Waals surface area contributed by atoms with E-state index in [-0.39, 0.29) is 0 Å². The van der Waals surface area contributed by atoms with Gasteiger partial charge < -0.3 is 10.2 Å². The van der Waals surface area contributed by atoms with E-state index in [9.17, 15) is 0 Å². The van der Waals surface area contributed by atoms with Crippen LogP contribution in [0.3, 0.4) is 0 Å². The van der Waals surface area contributed by atoms with Crippen LogP contribution < -0.4 is 5.73 Å². The molecule has 0 aliphatic heterocycles. The highest BCUT2D eigenvalue weighted by Crippen LogP contribution is 2.29.